The summed E-state index contributed by atoms with van der Waals surface area (Å²) >= 11 is 0. The lowest BCUT2D eigenvalue weighted by atomic mass is 10.1. The first-order chi connectivity index (χ1) is 10.2. The van der Waals surface area contributed by atoms with E-state index in [1.165, 1.54) is 6.07 Å². The molecule has 0 N–H and O–H groups in total. The smallest absolute Gasteiger partial charge is 0.355 e. The summed E-state index contributed by atoms with van der Waals surface area (Å²) in [6.45, 7) is 1.68. The van der Waals surface area contributed by atoms with Crippen LogP contribution < -0.4 is 4.18 Å². The Morgan fingerprint density at radius 2 is 1.91 bits per heavy atom. The minimum Gasteiger partial charge on any atom is -0.355 e. The lowest BCUT2D eigenvalue weighted by Crippen LogP contribution is -2.28. The van der Waals surface area contributed by atoms with Gasteiger partial charge in [-0.2, -0.15) is 21.6 Å². The van der Waals surface area contributed by atoms with Crippen LogP contribution in [0.1, 0.15) is 16.7 Å². The maximum absolute atomic E-state index is 12.4. The van der Waals surface area contributed by atoms with Crippen molar-refractivity contribution in [3.05, 3.63) is 47.0 Å². The summed E-state index contributed by atoms with van der Waals surface area (Å²) in [5.41, 5.74) is -1.77. The summed E-state index contributed by atoms with van der Waals surface area (Å²) in [4.78, 5) is 3.95. The highest BCUT2D eigenvalue weighted by atomic mass is 32.2. The molecule has 8 heteroatoms. The number of aryl methyl sites for hydroxylation is 1. The molecule has 22 heavy (non-hydrogen) atoms. The van der Waals surface area contributed by atoms with Gasteiger partial charge in [0.05, 0.1) is 5.69 Å². The van der Waals surface area contributed by atoms with Crippen LogP contribution >= 0.6 is 0 Å². The summed E-state index contributed by atoms with van der Waals surface area (Å²) in [7, 11) is -5.72. The molecule has 0 saturated heterocycles. The molecular formula is C14H10F3NO3S. The molecule has 0 unspecified atom stereocenters. The maximum atomic E-state index is 12.4. The van der Waals surface area contributed by atoms with E-state index in [9.17, 15) is 21.6 Å². The highest BCUT2D eigenvalue weighted by molar-refractivity contribution is 7.87. The van der Waals surface area contributed by atoms with E-state index in [2.05, 4.69) is 9.17 Å². The van der Waals surface area contributed by atoms with Gasteiger partial charge in [0, 0.05) is 18.1 Å². The minimum absolute atomic E-state index is 0.461. The predicted molar refractivity (Wildman–Crippen MR) is 72.8 cm³/mol. The Morgan fingerprint density at radius 3 is 2.59 bits per heavy atom. The van der Waals surface area contributed by atoms with Crippen molar-refractivity contribution >= 4 is 10.1 Å². The largest absolute Gasteiger partial charge is 0.534 e. The first kappa shape index (κ1) is 14.8. The molecule has 1 aliphatic rings. The zero-order chi connectivity index (χ0) is 16.1. The van der Waals surface area contributed by atoms with Gasteiger partial charge in [-0.05, 0) is 23.6 Å². The van der Waals surface area contributed by atoms with Crippen LogP contribution in [0.25, 0.3) is 11.3 Å². The molecule has 4 nitrogen and oxygen atoms in total. The van der Waals surface area contributed by atoms with Crippen molar-refractivity contribution in [2.75, 3.05) is 0 Å². The van der Waals surface area contributed by atoms with Gasteiger partial charge in [0.2, 0.25) is 5.88 Å². The zero-order valence-electron chi connectivity index (χ0n) is 11.3. The molecule has 3 rings (SSSR count). The summed E-state index contributed by atoms with van der Waals surface area (Å²) in [6, 6.07) is 8.52. The molecule has 0 fully saturated rings. The normalized spacial score (nSPS) is 13.6. The van der Waals surface area contributed by atoms with Crippen molar-refractivity contribution in [2.45, 2.75) is 18.9 Å². The first-order valence-electron chi connectivity index (χ1n) is 6.28. The quantitative estimate of drug-likeness (QED) is 0.535. The average molecular weight is 329 g/mol. The Morgan fingerprint density at radius 1 is 1.23 bits per heavy atom. The predicted octanol–water partition coefficient (Wildman–Crippen LogP) is 3.19. The van der Waals surface area contributed by atoms with Gasteiger partial charge < -0.3 is 4.18 Å². The lowest BCUT2D eigenvalue weighted by molar-refractivity contribution is -0.0501. The van der Waals surface area contributed by atoms with Crippen molar-refractivity contribution in [1.82, 2.24) is 4.98 Å². The fourth-order valence-corrected chi connectivity index (χ4v) is 2.82. The van der Waals surface area contributed by atoms with Crippen LogP contribution in [-0.4, -0.2) is 18.9 Å². The summed E-state index contributed by atoms with van der Waals surface area (Å²) in [5.74, 6) is -0.578. The maximum Gasteiger partial charge on any atom is 0.534 e. The van der Waals surface area contributed by atoms with Gasteiger partial charge in [0.15, 0.2) is 0 Å². The van der Waals surface area contributed by atoms with E-state index in [1.54, 1.807) is 19.1 Å². The van der Waals surface area contributed by atoms with Crippen LogP contribution in [0.4, 0.5) is 13.2 Å². The molecule has 0 saturated carbocycles. The van der Waals surface area contributed by atoms with Gasteiger partial charge in [0.1, 0.15) is 0 Å². The van der Waals surface area contributed by atoms with Crippen molar-refractivity contribution in [3.8, 4) is 17.1 Å². The highest BCUT2D eigenvalue weighted by Crippen LogP contribution is 2.38. The van der Waals surface area contributed by atoms with Crippen molar-refractivity contribution < 1.29 is 25.8 Å². The van der Waals surface area contributed by atoms with Gasteiger partial charge in [0.25, 0.3) is 0 Å². The van der Waals surface area contributed by atoms with Crippen molar-refractivity contribution in [1.29, 1.82) is 0 Å². The van der Waals surface area contributed by atoms with Crippen LogP contribution in [-0.2, 0) is 16.5 Å². The van der Waals surface area contributed by atoms with Gasteiger partial charge in [-0.3, -0.25) is 0 Å². The molecule has 1 aromatic heterocycles. The topological polar surface area (TPSA) is 56.3 Å². The highest BCUT2D eigenvalue weighted by Gasteiger charge is 2.49. The second-order valence-corrected chi connectivity index (χ2v) is 6.46. The second kappa shape index (κ2) is 4.70. The van der Waals surface area contributed by atoms with E-state index in [-0.39, 0.29) is 0 Å². The van der Waals surface area contributed by atoms with E-state index >= 15 is 0 Å². The van der Waals surface area contributed by atoms with Crippen LogP contribution in [0, 0.1) is 6.92 Å². The number of benzene rings is 1. The molecule has 0 radical (unpaired) electrons. The number of fused-ring (bicyclic) bond motifs is 3. The number of hydrogen-bond donors (Lipinski definition) is 0. The average Bonchev–Trinajstić information content (AvgIpc) is 2.76. The molecule has 1 aromatic carbocycles. The molecule has 0 amide bonds. The van der Waals surface area contributed by atoms with E-state index in [1.807, 2.05) is 12.1 Å². The third-order valence-corrected chi connectivity index (χ3v) is 4.40. The lowest BCUT2D eigenvalue weighted by Gasteiger charge is -2.11. The molecule has 0 aliphatic heterocycles. The summed E-state index contributed by atoms with van der Waals surface area (Å²) < 4.78 is 63.5. The third-order valence-electron chi connectivity index (χ3n) is 3.44. The standard InChI is InChI=1S/C14H10F3NO3S/c1-8-6-12(21-22(19,20)14(15,16)17)18-13-10-5-3-2-4-9(10)7-11(8)13/h2-6H,7H2,1H3. The van der Waals surface area contributed by atoms with Crippen LogP contribution in [0.15, 0.2) is 30.3 Å². The van der Waals surface area contributed by atoms with Crippen molar-refractivity contribution in [3.63, 3.8) is 0 Å². The Bertz CT molecular complexity index is 860. The summed E-state index contributed by atoms with van der Waals surface area (Å²) in [6.07, 6.45) is 0.608. The molecule has 1 aliphatic carbocycles. The number of halogens is 3. The molecule has 0 atom stereocenters. The number of hydrogen-bond acceptors (Lipinski definition) is 4. The fraction of sp³-hybridized carbons (Fsp3) is 0.214. The molecule has 0 spiro atoms. The molecular weight excluding hydrogens is 319 g/mol. The monoisotopic (exact) mass is 329 g/mol. The number of aromatic nitrogens is 1. The van der Waals surface area contributed by atoms with Gasteiger partial charge in [-0.15, -0.1) is 0 Å². The Labute approximate surface area is 124 Å². The summed E-state index contributed by atoms with van der Waals surface area (Å²) in [5, 5.41) is 0. The zero-order valence-corrected chi connectivity index (χ0v) is 12.1. The van der Waals surface area contributed by atoms with Crippen LogP contribution in [0.5, 0.6) is 5.88 Å². The Balaban J connectivity index is 2.07. The molecule has 2 aromatic rings. The van der Waals surface area contributed by atoms with Crippen LogP contribution in [0.3, 0.4) is 0 Å². The van der Waals surface area contributed by atoms with E-state index in [4.69, 9.17) is 0 Å². The molecule has 116 valence electrons. The minimum atomic E-state index is -5.72. The number of pyridine rings is 1. The van der Waals surface area contributed by atoms with Gasteiger partial charge in [-0.25, -0.2) is 4.98 Å². The molecule has 0 bridgehead atoms. The first-order valence-corrected chi connectivity index (χ1v) is 7.69. The number of rotatable bonds is 2. The van der Waals surface area contributed by atoms with E-state index < -0.39 is 21.5 Å². The number of nitrogens with zero attached hydrogens (tertiary/aromatic N) is 1. The third kappa shape index (κ3) is 2.33. The van der Waals surface area contributed by atoms with Crippen molar-refractivity contribution in [2.24, 2.45) is 0 Å². The SMILES string of the molecule is Cc1cc(OS(=O)(=O)C(F)(F)F)nc2c1Cc1ccccc1-2. The van der Waals surface area contributed by atoms with Gasteiger partial charge >= 0.3 is 15.6 Å². The Hall–Kier alpha value is -2.09. The molecule has 1 heterocycles. The second-order valence-electron chi connectivity index (χ2n) is 4.92. The Kier molecular flexibility index (Phi) is 3.17. The fourth-order valence-electron chi connectivity index (χ4n) is 2.41. The van der Waals surface area contributed by atoms with Gasteiger partial charge in [-0.1, -0.05) is 24.3 Å². The number of alkyl halides is 3. The van der Waals surface area contributed by atoms with Crippen LogP contribution in [0.2, 0.25) is 0 Å². The van der Waals surface area contributed by atoms with E-state index in [0.29, 0.717) is 17.7 Å². The van der Waals surface area contributed by atoms with E-state index in [0.717, 1.165) is 16.7 Å².